The van der Waals surface area contributed by atoms with Gasteiger partial charge < -0.3 is 10.0 Å². The molecule has 0 radical (unpaired) electrons. The molecule has 0 atom stereocenters. The van der Waals surface area contributed by atoms with Crippen molar-refractivity contribution < 1.29 is 14.3 Å². The summed E-state index contributed by atoms with van der Waals surface area (Å²) in [5.41, 5.74) is 2.44. The molecule has 2 heterocycles. The molecule has 1 aromatic rings. The Morgan fingerprint density at radius 2 is 2.00 bits per heavy atom. The average molecular weight is 348 g/mol. The van der Waals surface area contributed by atoms with E-state index in [1.54, 1.807) is 6.07 Å². The van der Waals surface area contributed by atoms with Gasteiger partial charge in [-0.1, -0.05) is 6.07 Å². The predicted octanol–water partition coefficient (Wildman–Crippen LogP) is 2.72. The first kappa shape index (κ1) is 18.3. The molecule has 0 saturated carbocycles. The van der Waals surface area contributed by atoms with Crippen molar-refractivity contribution in [3.63, 3.8) is 0 Å². The van der Waals surface area contributed by atoms with Gasteiger partial charge in [0, 0.05) is 32.7 Å². The highest BCUT2D eigenvalue weighted by molar-refractivity contribution is 5.77. The zero-order valence-electron chi connectivity index (χ0n) is 15.1. The summed E-state index contributed by atoms with van der Waals surface area (Å²) in [6.07, 6.45) is 4.45. The van der Waals surface area contributed by atoms with E-state index >= 15 is 0 Å². The molecule has 5 heteroatoms. The molecule has 3 rings (SSSR count). The number of amides is 1. The maximum atomic E-state index is 13.5. The second-order valence-electron chi connectivity index (χ2n) is 7.74. The third kappa shape index (κ3) is 4.39. The molecule has 0 unspecified atom stereocenters. The second-order valence-corrected chi connectivity index (χ2v) is 7.74. The van der Waals surface area contributed by atoms with E-state index in [0.717, 1.165) is 56.6 Å². The van der Waals surface area contributed by atoms with Crippen LogP contribution in [-0.2, 0) is 11.3 Å². The number of carbonyl (C=O) groups is 1. The number of halogens is 1. The highest BCUT2D eigenvalue weighted by Gasteiger charge is 2.40. The molecule has 2 aliphatic heterocycles. The van der Waals surface area contributed by atoms with Crippen LogP contribution >= 0.6 is 0 Å². The fraction of sp³-hybridized carbons (Fsp3) is 0.650. The number of nitrogens with zero attached hydrogens (tertiary/aromatic N) is 2. The first-order valence-electron chi connectivity index (χ1n) is 9.37. The smallest absolute Gasteiger partial charge is 0.222 e. The van der Waals surface area contributed by atoms with Crippen molar-refractivity contribution in [3.05, 3.63) is 35.1 Å². The third-order valence-corrected chi connectivity index (χ3v) is 5.96. The minimum absolute atomic E-state index is 0.136. The lowest BCUT2D eigenvalue weighted by molar-refractivity contribution is -0.139. The number of hydrogen-bond acceptors (Lipinski definition) is 3. The molecule has 2 aliphatic rings. The van der Waals surface area contributed by atoms with Crippen molar-refractivity contribution in [2.75, 3.05) is 32.8 Å². The van der Waals surface area contributed by atoms with E-state index in [2.05, 4.69) is 4.90 Å². The number of piperidine rings is 2. The van der Waals surface area contributed by atoms with Crippen molar-refractivity contribution in [2.24, 2.45) is 5.41 Å². The molecule has 1 spiro atoms. The monoisotopic (exact) mass is 348 g/mol. The fourth-order valence-corrected chi connectivity index (χ4v) is 4.21. The Labute approximate surface area is 149 Å². The van der Waals surface area contributed by atoms with Crippen LogP contribution in [0.5, 0.6) is 0 Å². The van der Waals surface area contributed by atoms with Gasteiger partial charge in [-0.3, -0.25) is 9.69 Å². The summed E-state index contributed by atoms with van der Waals surface area (Å²) >= 11 is 0. The van der Waals surface area contributed by atoms with Crippen LogP contribution in [0.15, 0.2) is 18.2 Å². The number of benzene rings is 1. The van der Waals surface area contributed by atoms with E-state index in [4.69, 9.17) is 5.11 Å². The molecular weight excluding hydrogens is 319 g/mol. The predicted molar refractivity (Wildman–Crippen MR) is 95.6 cm³/mol. The van der Waals surface area contributed by atoms with Gasteiger partial charge >= 0.3 is 0 Å². The van der Waals surface area contributed by atoms with Crippen LogP contribution in [0.3, 0.4) is 0 Å². The van der Waals surface area contributed by atoms with Gasteiger partial charge in [-0.05, 0) is 74.4 Å². The third-order valence-electron chi connectivity index (χ3n) is 5.96. The minimum atomic E-state index is -0.167. The van der Waals surface area contributed by atoms with E-state index in [9.17, 15) is 9.18 Å². The van der Waals surface area contributed by atoms with Gasteiger partial charge in [0.15, 0.2) is 0 Å². The van der Waals surface area contributed by atoms with Crippen molar-refractivity contribution in [3.8, 4) is 0 Å². The highest BCUT2D eigenvalue weighted by Crippen LogP contribution is 2.40. The highest BCUT2D eigenvalue weighted by atomic mass is 19.1. The Bertz CT molecular complexity index is 612. The molecule has 0 aromatic heterocycles. The van der Waals surface area contributed by atoms with E-state index in [1.165, 1.54) is 6.07 Å². The zero-order chi connectivity index (χ0) is 17.9. The summed E-state index contributed by atoms with van der Waals surface area (Å²) in [5, 5.41) is 9.03. The molecule has 1 aromatic carbocycles. The van der Waals surface area contributed by atoms with Crippen molar-refractivity contribution in [1.29, 1.82) is 0 Å². The summed E-state index contributed by atoms with van der Waals surface area (Å²) in [7, 11) is 0. The van der Waals surface area contributed by atoms with Gasteiger partial charge in [-0.25, -0.2) is 4.39 Å². The lowest BCUT2D eigenvalue weighted by atomic mass is 9.72. The van der Waals surface area contributed by atoms with Crippen molar-refractivity contribution >= 4 is 5.91 Å². The first-order chi connectivity index (χ1) is 12.0. The average Bonchev–Trinajstić information content (AvgIpc) is 2.61. The first-order valence-corrected chi connectivity index (χ1v) is 9.37. The lowest BCUT2D eigenvalue weighted by Crippen LogP contribution is -2.51. The van der Waals surface area contributed by atoms with Crippen LogP contribution in [-0.4, -0.2) is 53.6 Å². The Morgan fingerprint density at radius 3 is 2.72 bits per heavy atom. The molecule has 1 amide bonds. The molecule has 0 aliphatic carbocycles. The minimum Gasteiger partial charge on any atom is -0.396 e. The van der Waals surface area contributed by atoms with Crippen LogP contribution in [0.25, 0.3) is 0 Å². The van der Waals surface area contributed by atoms with Gasteiger partial charge in [0.2, 0.25) is 5.91 Å². The van der Waals surface area contributed by atoms with Crippen molar-refractivity contribution in [1.82, 2.24) is 9.80 Å². The van der Waals surface area contributed by atoms with E-state index in [-0.39, 0.29) is 23.7 Å². The summed E-state index contributed by atoms with van der Waals surface area (Å²) in [6.45, 7) is 6.47. The Hall–Kier alpha value is -1.46. The molecule has 0 bridgehead atoms. The topological polar surface area (TPSA) is 43.8 Å². The number of aliphatic hydroxyl groups excluding tert-OH is 1. The van der Waals surface area contributed by atoms with E-state index in [0.29, 0.717) is 19.4 Å². The standard InChI is InChI=1S/C20H29FN2O2/c1-16-3-4-18(21)13-17(16)14-22-10-7-20(8-11-22)6-5-19(25)23(15-20)9-2-12-24/h3-4,13,24H,2,5-12,14-15H2,1H3. The number of rotatable bonds is 5. The number of aliphatic hydroxyl groups is 1. The lowest BCUT2D eigenvalue weighted by Gasteiger charge is -2.47. The van der Waals surface area contributed by atoms with Crippen LogP contribution in [0, 0.1) is 18.2 Å². The molecule has 2 fully saturated rings. The SMILES string of the molecule is Cc1ccc(F)cc1CN1CCC2(CCC(=O)N(CCCO)C2)CC1. The molecule has 138 valence electrons. The summed E-state index contributed by atoms with van der Waals surface area (Å²) < 4.78 is 13.5. The fourth-order valence-electron chi connectivity index (χ4n) is 4.21. The Morgan fingerprint density at radius 1 is 1.24 bits per heavy atom. The van der Waals surface area contributed by atoms with Gasteiger partial charge in [-0.15, -0.1) is 0 Å². The molecule has 1 N–H and O–H groups in total. The zero-order valence-corrected chi connectivity index (χ0v) is 15.1. The van der Waals surface area contributed by atoms with Crippen LogP contribution in [0.2, 0.25) is 0 Å². The molecule has 25 heavy (non-hydrogen) atoms. The molecule has 2 saturated heterocycles. The van der Waals surface area contributed by atoms with Crippen LogP contribution in [0.4, 0.5) is 4.39 Å². The van der Waals surface area contributed by atoms with Crippen LogP contribution in [0.1, 0.15) is 43.2 Å². The Kier molecular flexibility index (Phi) is 5.74. The Balaban J connectivity index is 1.57. The van der Waals surface area contributed by atoms with Crippen molar-refractivity contribution in [2.45, 2.75) is 45.6 Å². The number of aryl methyl sites for hydroxylation is 1. The number of likely N-dealkylation sites (tertiary alicyclic amines) is 2. The van der Waals surface area contributed by atoms with Gasteiger partial charge in [-0.2, -0.15) is 0 Å². The maximum Gasteiger partial charge on any atom is 0.222 e. The number of hydrogen-bond donors (Lipinski definition) is 1. The van der Waals surface area contributed by atoms with Crippen LogP contribution < -0.4 is 0 Å². The van der Waals surface area contributed by atoms with Gasteiger partial charge in [0.1, 0.15) is 5.82 Å². The quantitative estimate of drug-likeness (QED) is 0.890. The normalized spacial score (nSPS) is 21.1. The number of carbonyl (C=O) groups excluding carboxylic acids is 1. The summed E-state index contributed by atoms with van der Waals surface area (Å²) in [4.78, 5) is 16.5. The van der Waals surface area contributed by atoms with Gasteiger partial charge in [0.25, 0.3) is 0 Å². The largest absolute Gasteiger partial charge is 0.396 e. The molecular formula is C20H29FN2O2. The van der Waals surface area contributed by atoms with Gasteiger partial charge in [0.05, 0.1) is 0 Å². The maximum absolute atomic E-state index is 13.5. The van der Waals surface area contributed by atoms with E-state index in [1.807, 2.05) is 17.9 Å². The van der Waals surface area contributed by atoms with E-state index < -0.39 is 0 Å². The second kappa shape index (κ2) is 7.83. The molecule has 4 nitrogen and oxygen atoms in total. The summed E-state index contributed by atoms with van der Waals surface area (Å²) in [6, 6.07) is 5.02. The summed E-state index contributed by atoms with van der Waals surface area (Å²) in [5.74, 6) is 0.0660.